The van der Waals surface area contributed by atoms with Crippen molar-refractivity contribution in [3.8, 4) is 0 Å². The average Bonchev–Trinajstić information content (AvgIpc) is 2.54. The SMILES string of the molecule is Cc1ccc(S(=O)(=O)Nc2cc(C(F)(F)F)nc3ccc(I)cc23)cc1. The van der Waals surface area contributed by atoms with Crippen molar-refractivity contribution in [1.29, 1.82) is 0 Å². The van der Waals surface area contributed by atoms with Crippen molar-refractivity contribution in [3.63, 3.8) is 0 Å². The fraction of sp³-hybridized carbons (Fsp3) is 0.118. The molecule has 1 N–H and O–H groups in total. The Morgan fingerprint density at radius 1 is 1.04 bits per heavy atom. The van der Waals surface area contributed by atoms with Crippen LogP contribution in [0, 0.1) is 10.5 Å². The number of fused-ring (bicyclic) bond motifs is 1. The first-order valence-electron chi connectivity index (χ1n) is 7.33. The molecule has 0 aliphatic rings. The first-order valence-corrected chi connectivity index (χ1v) is 9.89. The van der Waals surface area contributed by atoms with Crippen molar-refractivity contribution in [2.45, 2.75) is 18.0 Å². The number of rotatable bonds is 3. The van der Waals surface area contributed by atoms with E-state index in [-0.39, 0.29) is 16.1 Å². The molecule has 0 saturated carbocycles. The molecule has 1 aromatic heterocycles. The van der Waals surface area contributed by atoms with Gasteiger partial charge in [-0.25, -0.2) is 13.4 Å². The van der Waals surface area contributed by atoms with Crippen LogP contribution in [0.4, 0.5) is 18.9 Å². The highest BCUT2D eigenvalue weighted by molar-refractivity contribution is 14.1. The highest BCUT2D eigenvalue weighted by Gasteiger charge is 2.34. The molecule has 0 unspecified atom stereocenters. The van der Waals surface area contributed by atoms with Crippen molar-refractivity contribution in [1.82, 2.24) is 4.98 Å². The Labute approximate surface area is 161 Å². The van der Waals surface area contributed by atoms with Gasteiger partial charge >= 0.3 is 6.18 Å². The number of halogens is 4. The monoisotopic (exact) mass is 492 g/mol. The van der Waals surface area contributed by atoms with E-state index in [2.05, 4.69) is 9.71 Å². The van der Waals surface area contributed by atoms with Crippen LogP contribution in [0.2, 0.25) is 0 Å². The second kappa shape index (κ2) is 6.69. The van der Waals surface area contributed by atoms with E-state index in [9.17, 15) is 21.6 Å². The molecule has 0 atom stereocenters. The van der Waals surface area contributed by atoms with Gasteiger partial charge in [-0.05, 0) is 65.9 Å². The molecule has 0 bridgehead atoms. The molecule has 0 aliphatic carbocycles. The summed E-state index contributed by atoms with van der Waals surface area (Å²) in [5.74, 6) is 0. The smallest absolute Gasteiger partial charge is 0.279 e. The number of hydrogen-bond acceptors (Lipinski definition) is 3. The maximum Gasteiger partial charge on any atom is 0.433 e. The standard InChI is InChI=1S/C17H12F3IN2O2S/c1-10-2-5-12(6-3-10)26(24,25)23-15-9-16(17(18,19)20)22-14-7-4-11(21)8-13(14)15/h2-9H,1H3,(H,22,23). The summed E-state index contributed by atoms with van der Waals surface area (Å²) in [6.07, 6.45) is -4.69. The van der Waals surface area contributed by atoms with Gasteiger partial charge in [0.2, 0.25) is 0 Å². The van der Waals surface area contributed by atoms with Gasteiger partial charge in [-0.3, -0.25) is 4.72 Å². The topological polar surface area (TPSA) is 59.1 Å². The number of aromatic nitrogens is 1. The minimum absolute atomic E-state index is 0.0350. The van der Waals surface area contributed by atoms with Crippen molar-refractivity contribution in [2.75, 3.05) is 4.72 Å². The molecule has 3 aromatic rings. The van der Waals surface area contributed by atoms with Crippen molar-refractivity contribution in [2.24, 2.45) is 0 Å². The third kappa shape index (κ3) is 3.93. The molecule has 0 spiro atoms. The molecule has 0 amide bonds. The molecule has 26 heavy (non-hydrogen) atoms. The van der Waals surface area contributed by atoms with Crippen molar-refractivity contribution >= 4 is 49.2 Å². The molecule has 9 heteroatoms. The van der Waals surface area contributed by atoms with E-state index < -0.39 is 21.9 Å². The fourth-order valence-corrected chi connectivity index (χ4v) is 3.91. The molecular weight excluding hydrogens is 480 g/mol. The molecule has 1 heterocycles. The lowest BCUT2D eigenvalue weighted by molar-refractivity contribution is -0.140. The van der Waals surface area contributed by atoms with Crippen molar-refractivity contribution in [3.05, 3.63) is 63.4 Å². The zero-order valence-corrected chi connectivity index (χ0v) is 16.3. The molecule has 0 fully saturated rings. The predicted molar refractivity (Wildman–Crippen MR) is 101 cm³/mol. The van der Waals surface area contributed by atoms with Crippen LogP contribution >= 0.6 is 22.6 Å². The number of sulfonamides is 1. The summed E-state index contributed by atoms with van der Waals surface area (Å²) >= 11 is 1.99. The average molecular weight is 492 g/mol. The molecule has 136 valence electrons. The number of pyridine rings is 1. The van der Waals surface area contributed by atoms with Crippen LogP contribution in [-0.4, -0.2) is 13.4 Å². The molecule has 4 nitrogen and oxygen atoms in total. The third-order valence-electron chi connectivity index (χ3n) is 3.64. The fourth-order valence-electron chi connectivity index (χ4n) is 2.35. The molecule has 0 saturated heterocycles. The molecule has 2 aromatic carbocycles. The number of anilines is 1. The Morgan fingerprint density at radius 3 is 2.31 bits per heavy atom. The Hall–Kier alpha value is -1.88. The molecular formula is C17H12F3IN2O2S. The first kappa shape index (κ1) is 18.9. The molecule has 0 aliphatic heterocycles. The summed E-state index contributed by atoms with van der Waals surface area (Å²) in [4.78, 5) is 3.56. The second-order valence-corrected chi connectivity index (χ2v) is 8.56. The van der Waals surface area contributed by atoms with Gasteiger partial charge in [0.1, 0.15) is 5.69 Å². The van der Waals surface area contributed by atoms with E-state index in [4.69, 9.17) is 0 Å². The number of benzene rings is 2. The number of alkyl halides is 3. The molecule has 0 radical (unpaired) electrons. The van der Waals surface area contributed by atoms with Crippen LogP contribution in [0.5, 0.6) is 0 Å². The summed E-state index contributed by atoms with van der Waals surface area (Å²) in [5, 5.41) is 0.292. The Morgan fingerprint density at radius 2 is 1.69 bits per heavy atom. The number of hydrogen-bond donors (Lipinski definition) is 1. The largest absolute Gasteiger partial charge is 0.433 e. The van der Waals surface area contributed by atoms with Crippen LogP contribution in [0.3, 0.4) is 0 Å². The van der Waals surface area contributed by atoms with Gasteiger partial charge in [0.15, 0.2) is 0 Å². The highest BCUT2D eigenvalue weighted by Crippen LogP contribution is 2.34. The van der Waals surface area contributed by atoms with E-state index in [1.165, 1.54) is 18.2 Å². The van der Waals surface area contributed by atoms with Crippen LogP contribution in [0.25, 0.3) is 10.9 Å². The van der Waals surface area contributed by atoms with E-state index in [0.29, 0.717) is 11.5 Å². The number of nitrogens with zero attached hydrogens (tertiary/aromatic N) is 1. The van der Waals surface area contributed by atoms with Crippen LogP contribution in [-0.2, 0) is 16.2 Å². The third-order valence-corrected chi connectivity index (χ3v) is 5.69. The van der Waals surface area contributed by atoms with Crippen LogP contribution < -0.4 is 4.72 Å². The summed E-state index contributed by atoms with van der Waals surface area (Å²) in [5.41, 5.74) is -0.400. The normalized spacial score (nSPS) is 12.3. The summed E-state index contributed by atoms with van der Waals surface area (Å²) in [6, 6.07) is 11.3. The second-order valence-electron chi connectivity index (χ2n) is 5.63. The number of aryl methyl sites for hydroxylation is 1. The first-order chi connectivity index (χ1) is 12.1. The van der Waals surface area contributed by atoms with E-state index in [0.717, 1.165) is 9.13 Å². The van der Waals surface area contributed by atoms with Gasteiger partial charge in [-0.2, -0.15) is 13.2 Å². The maximum atomic E-state index is 13.1. The summed E-state index contributed by atoms with van der Waals surface area (Å²) in [7, 11) is -4.04. The Bertz CT molecular complexity index is 1080. The van der Waals surface area contributed by atoms with Gasteiger partial charge in [0, 0.05) is 8.96 Å². The lowest BCUT2D eigenvalue weighted by Crippen LogP contribution is -2.15. The minimum atomic E-state index is -4.69. The van der Waals surface area contributed by atoms with E-state index in [1.54, 1.807) is 31.2 Å². The summed E-state index contributed by atoms with van der Waals surface area (Å²) in [6.45, 7) is 1.80. The lowest BCUT2D eigenvalue weighted by atomic mass is 10.1. The Balaban J connectivity index is 2.16. The quantitative estimate of drug-likeness (QED) is 0.526. The van der Waals surface area contributed by atoms with E-state index in [1.807, 2.05) is 22.6 Å². The zero-order valence-electron chi connectivity index (χ0n) is 13.3. The van der Waals surface area contributed by atoms with Gasteiger partial charge in [0.25, 0.3) is 10.0 Å². The van der Waals surface area contributed by atoms with Gasteiger partial charge < -0.3 is 0 Å². The number of nitrogens with one attached hydrogen (secondary N) is 1. The Kier molecular flexibility index (Phi) is 4.86. The predicted octanol–water partition coefficient (Wildman–Crippen LogP) is 4.97. The van der Waals surface area contributed by atoms with Gasteiger partial charge in [0.05, 0.1) is 16.1 Å². The maximum absolute atomic E-state index is 13.1. The van der Waals surface area contributed by atoms with Crippen LogP contribution in [0.15, 0.2) is 53.4 Å². The van der Waals surface area contributed by atoms with Crippen LogP contribution in [0.1, 0.15) is 11.3 Å². The summed E-state index contributed by atoms with van der Waals surface area (Å²) < 4.78 is 67.6. The van der Waals surface area contributed by atoms with Gasteiger partial charge in [-0.15, -0.1) is 0 Å². The minimum Gasteiger partial charge on any atom is -0.279 e. The van der Waals surface area contributed by atoms with Crippen molar-refractivity contribution < 1.29 is 21.6 Å². The van der Waals surface area contributed by atoms with E-state index >= 15 is 0 Å². The lowest BCUT2D eigenvalue weighted by Gasteiger charge is -2.14. The van der Waals surface area contributed by atoms with Gasteiger partial charge in [-0.1, -0.05) is 17.7 Å². The highest BCUT2D eigenvalue weighted by atomic mass is 127. The zero-order chi connectivity index (χ0) is 19.1. The molecule has 3 rings (SSSR count).